The number of nitrogens with one attached hydrogen (secondary N) is 1. The first-order valence-corrected chi connectivity index (χ1v) is 11.3. The number of aliphatic hydroxyl groups is 1. The molecule has 1 aliphatic heterocycles. The Morgan fingerprint density at radius 1 is 1.31 bits per heavy atom. The van der Waals surface area contributed by atoms with Gasteiger partial charge in [-0.25, -0.2) is 19.7 Å². The molecule has 1 aliphatic rings. The number of ether oxygens (including phenoxy) is 2. The first-order chi connectivity index (χ1) is 17.3. The fourth-order valence-electron chi connectivity index (χ4n) is 3.95. The zero-order chi connectivity index (χ0) is 25.4. The minimum absolute atomic E-state index is 0.195. The van der Waals surface area contributed by atoms with Crippen LogP contribution in [-0.2, 0) is 22.7 Å². The Kier molecular flexibility index (Phi) is 6.45. The molecule has 0 amide bonds. The predicted octanol–water partition coefficient (Wildman–Crippen LogP) is 1.64. The van der Waals surface area contributed by atoms with Gasteiger partial charge in [-0.05, 0) is 25.1 Å². The zero-order valence-corrected chi connectivity index (χ0v) is 19.7. The highest BCUT2D eigenvalue weighted by Gasteiger charge is 2.46. The summed E-state index contributed by atoms with van der Waals surface area (Å²) in [5.41, 5.74) is 8.07. The van der Waals surface area contributed by atoms with Crippen LogP contribution in [0.3, 0.4) is 0 Å². The molecule has 0 unspecified atom stereocenters. The summed E-state index contributed by atoms with van der Waals surface area (Å²) in [5.74, 6) is 0.323. The second-order valence-corrected chi connectivity index (χ2v) is 8.67. The Balaban J connectivity index is 1.36. The van der Waals surface area contributed by atoms with Crippen LogP contribution in [0.25, 0.3) is 11.2 Å². The number of aryl methyl sites for hydroxylation is 1. The molecule has 5 N–H and O–H groups in total. The highest BCUT2D eigenvalue weighted by Crippen LogP contribution is 2.32. The highest BCUT2D eigenvalue weighted by molar-refractivity contribution is 6.30. The molecule has 1 saturated heterocycles. The molecule has 0 spiro atoms. The van der Waals surface area contributed by atoms with Gasteiger partial charge >= 0.3 is 5.97 Å². The van der Waals surface area contributed by atoms with Crippen LogP contribution in [0.5, 0.6) is 5.75 Å². The number of aliphatic hydroxyl groups excluding tert-OH is 1. The quantitative estimate of drug-likeness (QED) is 0.266. The lowest BCUT2D eigenvalue weighted by Gasteiger charge is -2.16. The summed E-state index contributed by atoms with van der Waals surface area (Å²) in [7, 11) is 0. The third kappa shape index (κ3) is 4.56. The molecule has 0 saturated carbocycles. The monoisotopic (exact) mass is 515 g/mol. The van der Waals surface area contributed by atoms with Crippen LogP contribution in [0, 0.1) is 6.92 Å². The minimum atomic E-state index is -1.36. The lowest BCUT2D eigenvalue weighted by Crippen LogP contribution is -2.43. The van der Waals surface area contributed by atoms with Gasteiger partial charge in [-0.2, -0.15) is 0 Å². The molecule has 4 aromatic rings. The Morgan fingerprint density at radius 2 is 2.14 bits per heavy atom. The van der Waals surface area contributed by atoms with Crippen LogP contribution in [0.4, 0.5) is 5.82 Å². The fraction of sp³-hybridized carbons (Fsp3) is 0.318. The first kappa shape index (κ1) is 23.9. The summed E-state index contributed by atoms with van der Waals surface area (Å²) in [6, 6.07) is 5.93. The molecule has 3 aromatic heterocycles. The summed E-state index contributed by atoms with van der Waals surface area (Å²) in [5, 5.41) is 27.3. The third-order valence-electron chi connectivity index (χ3n) is 5.71. The Labute approximate surface area is 208 Å². The van der Waals surface area contributed by atoms with Crippen molar-refractivity contribution < 1.29 is 29.0 Å². The topological polar surface area (TPSA) is 184 Å². The average molecular weight is 516 g/mol. The number of aromatic nitrogens is 5. The van der Waals surface area contributed by atoms with Crippen LogP contribution in [0.2, 0.25) is 5.02 Å². The van der Waals surface area contributed by atoms with Gasteiger partial charge < -0.3 is 35.3 Å². The van der Waals surface area contributed by atoms with Gasteiger partial charge in [0.25, 0.3) is 0 Å². The Morgan fingerprint density at radius 3 is 2.86 bits per heavy atom. The van der Waals surface area contributed by atoms with E-state index in [4.69, 9.17) is 31.3 Å². The van der Waals surface area contributed by atoms with Gasteiger partial charge in [0.15, 0.2) is 35.1 Å². The standard InChI is InChI=1S/C22H22ClN7O6/c1-10-4-13(36-29-10)7-34-14-3-2-12(23)5-11(14)6-25-19-16-20(27-8-26-19)30(9-28-16)21-17(31)15(24)18(35-21)22(32)33/h2-5,8-9,15,17-18,21,31H,6-7,24H2,1H3,(H,32,33)(H,25,26,27)/t15-,17+,18-,21-/m0/s1. The van der Waals surface area contributed by atoms with Gasteiger partial charge in [-0.1, -0.05) is 16.8 Å². The average Bonchev–Trinajstić information content (AvgIpc) is 3.55. The molecule has 0 bridgehead atoms. The molecule has 13 nitrogen and oxygen atoms in total. The number of fused-ring (bicyclic) bond motifs is 1. The number of carbonyl (C=O) groups is 1. The molecule has 0 radical (unpaired) electrons. The van der Waals surface area contributed by atoms with Crippen molar-refractivity contribution in [3.63, 3.8) is 0 Å². The van der Waals surface area contributed by atoms with Crippen LogP contribution in [-0.4, -0.2) is 59.1 Å². The summed E-state index contributed by atoms with van der Waals surface area (Å²) >= 11 is 6.21. The molecule has 4 atom stereocenters. The van der Waals surface area contributed by atoms with Crippen LogP contribution >= 0.6 is 11.6 Å². The molecule has 1 fully saturated rings. The molecule has 1 aromatic carbocycles. The summed E-state index contributed by atoms with van der Waals surface area (Å²) in [4.78, 5) is 24.2. The first-order valence-electron chi connectivity index (χ1n) is 10.9. The van der Waals surface area contributed by atoms with E-state index in [9.17, 15) is 15.0 Å². The van der Waals surface area contributed by atoms with Gasteiger partial charge in [0.2, 0.25) is 0 Å². The van der Waals surface area contributed by atoms with E-state index in [1.54, 1.807) is 24.3 Å². The number of hydrogen-bond donors (Lipinski definition) is 4. The number of nitrogens with zero attached hydrogens (tertiary/aromatic N) is 5. The molecule has 0 aliphatic carbocycles. The van der Waals surface area contributed by atoms with Gasteiger partial charge in [0.1, 0.15) is 24.8 Å². The van der Waals surface area contributed by atoms with Crippen molar-refractivity contribution in [1.29, 1.82) is 0 Å². The molecule has 4 heterocycles. The van der Waals surface area contributed by atoms with Gasteiger partial charge in [-0.15, -0.1) is 0 Å². The Bertz CT molecular complexity index is 1410. The van der Waals surface area contributed by atoms with Crippen molar-refractivity contribution in [3.8, 4) is 5.75 Å². The zero-order valence-electron chi connectivity index (χ0n) is 18.9. The number of halogens is 1. The summed E-state index contributed by atoms with van der Waals surface area (Å²) in [6.07, 6.45) is -0.983. The predicted molar refractivity (Wildman–Crippen MR) is 125 cm³/mol. The second-order valence-electron chi connectivity index (χ2n) is 8.23. The number of carboxylic acid groups (broad SMARTS) is 1. The smallest absolute Gasteiger partial charge is 0.334 e. The molecular weight excluding hydrogens is 494 g/mol. The number of carboxylic acids is 1. The molecule has 188 valence electrons. The van der Waals surface area contributed by atoms with Crippen LogP contribution in [0.1, 0.15) is 23.2 Å². The van der Waals surface area contributed by atoms with Crippen molar-refractivity contribution in [2.75, 3.05) is 5.32 Å². The number of benzene rings is 1. The number of hydrogen-bond acceptors (Lipinski definition) is 11. The maximum Gasteiger partial charge on any atom is 0.334 e. The van der Waals surface area contributed by atoms with Gasteiger partial charge in [0.05, 0.1) is 18.1 Å². The number of anilines is 1. The van der Waals surface area contributed by atoms with E-state index in [1.165, 1.54) is 17.2 Å². The highest BCUT2D eigenvalue weighted by atomic mass is 35.5. The van der Waals surface area contributed by atoms with E-state index < -0.39 is 30.4 Å². The lowest BCUT2D eigenvalue weighted by molar-refractivity contribution is -0.152. The fourth-order valence-corrected chi connectivity index (χ4v) is 4.14. The van der Waals surface area contributed by atoms with Crippen molar-refractivity contribution in [2.45, 2.75) is 44.6 Å². The molecule has 36 heavy (non-hydrogen) atoms. The van der Waals surface area contributed by atoms with Crippen molar-refractivity contribution in [3.05, 3.63) is 59.0 Å². The van der Waals surface area contributed by atoms with E-state index in [2.05, 4.69) is 25.4 Å². The third-order valence-corrected chi connectivity index (χ3v) is 5.95. The lowest BCUT2D eigenvalue weighted by atomic mass is 10.1. The van der Waals surface area contributed by atoms with E-state index in [0.717, 1.165) is 11.3 Å². The number of imidazole rings is 1. The van der Waals surface area contributed by atoms with E-state index in [1.807, 2.05) is 6.92 Å². The number of aliphatic carboxylic acids is 1. The van der Waals surface area contributed by atoms with E-state index in [0.29, 0.717) is 40.1 Å². The Hall–Kier alpha value is -3.78. The number of rotatable bonds is 8. The van der Waals surface area contributed by atoms with Gasteiger partial charge in [-0.3, -0.25) is 4.57 Å². The van der Waals surface area contributed by atoms with Crippen LogP contribution in [0.15, 0.2) is 41.4 Å². The van der Waals surface area contributed by atoms with E-state index >= 15 is 0 Å². The normalized spacial score (nSPS) is 21.7. The van der Waals surface area contributed by atoms with E-state index in [-0.39, 0.29) is 6.61 Å². The van der Waals surface area contributed by atoms with Crippen molar-refractivity contribution >= 4 is 34.6 Å². The molecule has 14 heteroatoms. The SMILES string of the molecule is Cc1cc(COc2ccc(Cl)cc2CNc2ncnc3c2ncn3[C@H]2O[C@H](C(=O)O)[C@@H](N)[C@H]2O)on1. The minimum Gasteiger partial charge on any atom is -0.485 e. The second kappa shape index (κ2) is 9.70. The van der Waals surface area contributed by atoms with Crippen molar-refractivity contribution in [1.82, 2.24) is 24.7 Å². The largest absolute Gasteiger partial charge is 0.485 e. The summed E-state index contributed by atoms with van der Waals surface area (Å²) in [6.45, 7) is 2.31. The maximum atomic E-state index is 11.4. The number of nitrogens with two attached hydrogens (primary N) is 1. The molecular formula is C22H22ClN7O6. The molecule has 5 rings (SSSR count). The van der Waals surface area contributed by atoms with Crippen molar-refractivity contribution in [2.24, 2.45) is 5.73 Å². The van der Waals surface area contributed by atoms with Gasteiger partial charge in [0, 0.05) is 23.2 Å². The summed E-state index contributed by atoms with van der Waals surface area (Å²) < 4.78 is 18.0. The van der Waals surface area contributed by atoms with Crippen LogP contribution < -0.4 is 15.8 Å². The maximum absolute atomic E-state index is 11.4.